The Kier molecular flexibility index (Phi) is 5.70. The number of pyridine rings is 1. The summed E-state index contributed by atoms with van der Waals surface area (Å²) < 4.78 is 38.0. The summed E-state index contributed by atoms with van der Waals surface area (Å²) in [6.07, 6.45) is 1.18. The molecular formula is C24H24F2N4O3. The molecule has 2 aliphatic rings. The topological polar surface area (TPSA) is 110 Å². The van der Waals surface area contributed by atoms with Crippen LogP contribution in [-0.2, 0) is 4.79 Å². The third-order valence-electron chi connectivity index (χ3n) is 6.13. The average Bonchev–Trinajstić information content (AvgIpc) is 2.76. The summed E-state index contributed by atoms with van der Waals surface area (Å²) in [4.78, 5) is 17.0. The summed E-state index contributed by atoms with van der Waals surface area (Å²) in [5.74, 6) is -3.59. The zero-order chi connectivity index (χ0) is 23.9. The van der Waals surface area contributed by atoms with Crippen molar-refractivity contribution < 1.29 is 23.0 Å². The number of nitrogens with two attached hydrogens (primary N) is 1. The van der Waals surface area contributed by atoms with Crippen LogP contribution in [0.15, 0.2) is 35.7 Å². The van der Waals surface area contributed by atoms with E-state index in [-0.39, 0.29) is 31.2 Å². The predicted molar refractivity (Wildman–Crippen MR) is 117 cm³/mol. The van der Waals surface area contributed by atoms with Crippen LogP contribution in [0, 0.1) is 24.2 Å². The summed E-state index contributed by atoms with van der Waals surface area (Å²) in [7, 11) is 1.48. The first kappa shape index (κ1) is 22.5. The molecule has 1 fully saturated rings. The number of nitrogens with one attached hydrogen (secondary N) is 1. The number of anilines is 1. The molecule has 0 radical (unpaired) electrons. The van der Waals surface area contributed by atoms with E-state index in [1.807, 2.05) is 6.92 Å². The SMILES string of the molecule is COc1cc(C#N)ccc1C1C(C(N)=O)=C(C)Nc2c(C)cnc(OCC3CC(F)(F)C3)c21. The van der Waals surface area contributed by atoms with Gasteiger partial charge in [0.25, 0.3) is 0 Å². The number of methoxy groups -OCH3 is 1. The molecule has 3 N–H and O–H groups in total. The largest absolute Gasteiger partial charge is 0.496 e. The lowest BCUT2D eigenvalue weighted by atomic mass is 9.79. The predicted octanol–water partition coefficient (Wildman–Crippen LogP) is 4.01. The fraction of sp³-hybridized carbons (Fsp3) is 0.375. The highest BCUT2D eigenvalue weighted by molar-refractivity contribution is 5.98. The zero-order valence-electron chi connectivity index (χ0n) is 18.5. The van der Waals surface area contributed by atoms with Gasteiger partial charge >= 0.3 is 0 Å². The van der Waals surface area contributed by atoms with Gasteiger partial charge in [0.2, 0.25) is 17.7 Å². The summed E-state index contributed by atoms with van der Waals surface area (Å²) in [5.41, 5.74) is 9.77. The Balaban J connectivity index is 1.85. The molecule has 1 unspecified atom stereocenters. The Hall–Kier alpha value is -3.67. The van der Waals surface area contributed by atoms with Crippen molar-refractivity contribution >= 4 is 11.6 Å². The molecule has 1 aliphatic carbocycles. The van der Waals surface area contributed by atoms with E-state index in [0.717, 1.165) is 5.56 Å². The van der Waals surface area contributed by atoms with Gasteiger partial charge in [-0.3, -0.25) is 4.79 Å². The normalized spacial score (nSPS) is 19.1. The lowest BCUT2D eigenvalue weighted by Gasteiger charge is -2.35. The summed E-state index contributed by atoms with van der Waals surface area (Å²) in [6.45, 7) is 3.71. The first-order valence-electron chi connectivity index (χ1n) is 10.5. The number of carbonyl (C=O) groups excluding carboxylic acids is 1. The van der Waals surface area contributed by atoms with E-state index in [0.29, 0.717) is 39.4 Å². The van der Waals surface area contributed by atoms with Crippen LogP contribution in [0.3, 0.4) is 0 Å². The molecule has 1 aromatic carbocycles. The first-order valence-corrected chi connectivity index (χ1v) is 10.5. The van der Waals surface area contributed by atoms with Crippen LogP contribution in [0.5, 0.6) is 11.6 Å². The van der Waals surface area contributed by atoms with E-state index in [9.17, 15) is 18.8 Å². The smallest absolute Gasteiger partial charge is 0.248 e. The summed E-state index contributed by atoms with van der Waals surface area (Å²) in [5, 5.41) is 12.5. The van der Waals surface area contributed by atoms with Gasteiger partial charge in [0.05, 0.1) is 42.5 Å². The minimum absolute atomic E-state index is 0.0872. The molecular weight excluding hydrogens is 430 g/mol. The molecule has 1 amide bonds. The number of halogens is 2. The molecule has 9 heteroatoms. The van der Waals surface area contributed by atoms with Crippen LogP contribution >= 0.6 is 0 Å². The second kappa shape index (κ2) is 8.35. The Morgan fingerprint density at radius 2 is 2.09 bits per heavy atom. The highest BCUT2D eigenvalue weighted by Gasteiger charge is 2.46. The number of ether oxygens (including phenoxy) is 2. The minimum Gasteiger partial charge on any atom is -0.496 e. The van der Waals surface area contributed by atoms with Crippen molar-refractivity contribution in [2.45, 2.75) is 38.5 Å². The summed E-state index contributed by atoms with van der Waals surface area (Å²) >= 11 is 0. The van der Waals surface area contributed by atoms with Gasteiger partial charge in [0.1, 0.15) is 5.75 Å². The Bertz CT molecular complexity index is 1190. The van der Waals surface area contributed by atoms with Gasteiger partial charge in [-0.1, -0.05) is 6.07 Å². The first-order chi connectivity index (χ1) is 15.6. The fourth-order valence-corrected chi connectivity index (χ4v) is 4.53. The minimum atomic E-state index is -2.65. The van der Waals surface area contributed by atoms with Gasteiger partial charge in [-0.15, -0.1) is 0 Å². The third-order valence-corrected chi connectivity index (χ3v) is 6.13. The number of allylic oxidation sites excluding steroid dienone is 1. The standard InChI is InChI=1S/C24H24F2N4O3/c1-12-10-29-23(33-11-15-7-24(25,26)8-15)20-19(18(22(28)31)13(2)30-21(12)20)16-5-4-14(9-27)6-17(16)32-3/h4-6,10,15,19,30H,7-8,11H2,1-3H3,(H2,28,31). The quantitative estimate of drug-likeness (QED) is 0.682. The van der Waals surface area contributed by atoms with Crippen molar-refractivity contribution in [3.63, 3.8) is 0 Å². The van der Waals surface area contributed by atoms with E-state index >= 15 is 0 Å². The zero-order valence-corrected chi connectivity index (χ0v) is 18.5. The number of hydrogen-bond acceptors (Lipinski definition) is 6. The highest BCUT2D eigenvalue weighted by atomic mass is 19.3. The Labute approximate surface area is 190 Å². The van der Waals surface area contributed by atoms with Gasteiger partial charge in [-0.2, -0.15) is 5.26 Å². The van der Waals surface area contributed by atoms with Crippen LogP contribution < -0.4 is 20.5 Å². The highest BCUT2D eigenvalue weighted by Crippen LogP contribution is 2.49. The monoisotopic (exact) mass is 454 g/mol. The molecule has 4 rings (SSSR count). The number of amides is 1. The van der Waals surface area contributed by atoms with Crippen LogP contribution in [0.2, 0.25) is 0 Å². The number of fused-ring (bicyclic) bond motifs is 1. The third kappa shape index (κ3) is 4.09. The van der Waals surface area contributed by atoms with Crippen LogP contribution in [-0.4, -0.2) is 30.5 Å². The number of benzene rings is 1. The molecule has 1 aliphatic heterocycles. The number of alkyl halides is 2. The maximum absolute atomic E-state index is 13.3. The van der Waals surface area contributed by atoms with E-state index < -0.39 is 17.7 Å². The Morgan fingerprint density at radius 1 is 1.36 bits per heavy atom. The van der Waals surface area contributed by atoms with Gasteiger partial charge in [-0.25, -0.2) is 13.8 Å². The second-order valence-corrected chi connectivity index (χ2v) is 8.51. The van der Waals surface area contributed by atoms with Crippen molar-refractivity contribution in [3.05, 3.63) is 57.9 Å². The molecule has 0 spiro atoms. The van der Waals surface area contributed by atoms with Crippen molar-refractivity contribution in [3.8, 4) is 17.7 Å². The number of nitriles is 1. The van der Waals surface area contributed by atoms with Gasteiger partial charge in [0, 0.05) is 41.8 Å². The molecule has 0 saturated heterocycles. The van der Waals surface area contributed by atoms with Crippen LogP contribution in [0.1, 0.15) is 47.9 Å². The van der Waals surface area contributed by atoms with E-state index in [4.69, 9.17) is 15.2 Å². The maximum atomic E-state index is 13.3. The number of aromatic nitrogens is 1. The molecule has 2 heterocycles. The molecule has 1 atom stereocenters. The number of hydrogen-bond donors (Lipinski definition) is 2. The molecule has 33 heavy (non-hydrogen) atoms. The van der Waals surface area contributed by atoms with Crippen molar-refractivity contribution in [2.24, 2.45) is 11.7 Å². The van der Waals surface area contributed by atoms with Crippen molar-refractivity contribution in [2.75, 3.05) is 19.0 Å². The van der Waals surface area contributed by atoms with E-state index in [1.165, 1.54) is 7.11 Å². The number of primary amides is 1. The van der Waals surface area contributed by atoms with Crippen molar-refractivity contribution in [1.82, 2.24) is 4.98 Å². The van der Waals surface area contributed by atoms with E-state index in [1.54, 1.807) is 31.3 Å². The van der Waals surface area contributed by atoms with Gasteiger partial charge in [-0.05, 0) is 31.5 Å². The molecule has 0 bridgehead atoms. The molecule has 2 aromatic rings. The molecule has 1 saturated carbocycles. The fourth-order valence-electron chi connectivity index (χ4n) is 4.53. The lowest BCUT2D eigenvalue weighted by Crippen LogP contribution is -2.38. The van der Waals surface area contributed by atoms with Crippen LogP contribution in [0.25, 0.3) is 0 Å². The number of aryl methyl sites for hydroxylation is 1. The summed E-state index contributed by atoms with van der Waals surface area (Å²) in [6, 6.07) is 7.01. The van der Waals surface area contributed by atoms with Crippen molar-refractivity contribution in [1.29, 1.82) is 5.26 Å². The number of carbonyl (C=O) groups is 1. The number of rotatable bonds is 6. The van der Waals surface area contributed by atoms with Gasteiger partial charge < -0.3 is 20.5 Å². The second-order valence-electron chi connectivity index (χ2n) is 8.51. The number of nitrogens with zero attached hydrogens (tertiary/aromatic N) is 2. The molecule has 7 nitrogen and oxygen atoms in total. The Morgan fingerprint density at radius 3 is 2.70 bits per heavy atom. The average molecular weight is 454 g/mol. The maximum Gasteiger partial charge on any atom is 0.248 e. The molecule has 172 valence electrons. The van der Waals surface area contributed by atoms with Gasteiger partial charge in [0.15, 0.2) is 0 Å². The van der Waals surface area contributed by atoms with E-state index in [2.05, 4.69) is 16.4 Å². The lowest BCUT2D eigenvalue weighted by molar-refractivity contribution is -0.119. The van der Waals surface area contributed by atoms with Crippen LogP contribution in [0.4, 0.5) is 14.5 Å². The molecule has 1 aromatic heterocycles.